The summed E-state index contributed by atoms with van der Waals surface area (Å²) in [4.78, 5) is 14.3. The summed E-state index contributed by atoms with van der Waals surface area (Å²) in [6, 6.07) is 0.175. The maximum absolute atomic E-state index is 12.2. The second-order valence-corrected chi connectivity index (χ2v) is 5.93. The van der Waals surface area contributed by atoms with Gasteiger partial charge >= 0.3 is 0 Å². The quantitative estimate of drug-likeness (QED) is 0.694. The Hall–Kier alpha value is -0.610. The van der Waals surface area contributed by atoms with Crippen LogP contribution >= 0.6 is 0 Å². The Morgan fingerprint density at radius 2 is 1.78 bits per heavy atom. The first kappa shape index (κ1) is 17.4. The molecule has 0 aromatic carbocycles. The highest BCUT2D eigenvalue weighted by molar-refractivity contribution is 5.86. The molecule has 1 atom stereocenters. The van der Waals surface area contributed by atoms with Gasteiger partial charge in [-0.3, -0.25) is 4.79 Å². The Kier molecular flexibility index (Phi) is 7.48. The molecule has 0 radical (unpaired) electrons. The van der Waals surface area contributed by atoms with E-state index in [0.717, 1.165) is 13.0 Å². The summed E-state index contributed by atoms with van der Waals surface area (Å²) in [6.45, 7) is 9.13. The minimum Gasteiger partial charge on any atom is -0.350 e. The molecule has 0 bridgehead atoms. The van der Waals surface area contributed by atoms with Crippen molar-refractivity contribution < 1.29 is 4.79 Å². The van der Waals surface area contributed by atoms with Crippen LogP contribution in [0.1, 0.15) is 47.0 Å². The van der Waals surface area contributed by atoms with E-state index in [9.17, 15) is 4.79 Å². The Labute approximate surface area is 112 Å². The average molecular weight is 257 g/mol. The maximum Gasteiger partial charge on any atom is 0.240 e. The van der Waals surface area contributed by atoms with Gasteiger partial charge in [0.05, 0.1) is 5.54 Å². The minimum absolute atomic E-state index is 0.0139. The SMILES string of the molecule is CCC(N)(CC)C(=O)NC(CC(C)C)CN(C)C. The van der Waals surface area contributed by atoms with Gasteiger partial charge in [0.15, 0.2) is 0 Å². The van der Waals surface area contributed by atoms with Crippen LogP contribution in [0.2, 0.25) is 0 Å². The number of nitrogens with one attached hydrogen (secondary N) is 1. The minimum atomic E-state index is -0.721. The number of amides is 1. The lowest BCUT2D eigenvalue weighted by Crippen LogP contribution is -2.57. The van der Waals surface area contributed by atoms with E-state index in [1.807, 2.05) is 27.9 Å². The molecule has 0 rings (SSSR count). The average Bonchev–Trinajstić information content (AvgIpc) is 2.25. The lowest BCUT2D eigenvalue weighted by molar-refractivity contribution is -0.127. The third-order valence-corrected chi connectivity index (χ3v) is 3.39. The van der Waals surface area contributed by atoms with Gasteiger partial charge in [-0.2, -0.15) is 0 Å². The molecule has 18 heavy (non-hydrogen) atoms. The van der Waals surface area contributed by atoms with Crippen LogP contribution in [0.5, 0.6) is 0 Å². The highest BCUT2D eigenvalue weighted by Crippen LogP contribution is 2.13. The Morgan fingerprint density at radius 3 is 2.11 bits per heavy atom. The van der Waals surface area contributed by atoms with Crippen molar-refractivity contribution in [3.05, 3.63) is 0 Å². The molecule has 0 saturated heterocycles. The lowest BCUT2D eigenvalue weighted by atomic mass is 9.92. The molecule has 0 saturated carbocycles. The topological polar surface area (TPSA) is 58.4 Å². The van der Waals surface area contributed by atoms with Crippen LogP contribution in [0.3, 0.4) is 0 Å². The van der Waals surface area contributed by atoms with E-state index >= 15 is 0 Å². The fourth-order valence-electron chi connectivity index (χ4n) is 2.09. The largest absolute Gasteiger partial charge is 0.350 e. The second-order valence-electron chi connectivity index (χ2n) is 5.93. The number of hydrogen-bond acceptors (Lipinski definition) is 3. The zero-order chi connectivity index (χ0) is 14.3. The first-order valence-electron chi connectivity index (χ1n) is 6.99. The van der Waals surface area contributed by atoms with E-state index in [1.54, 1.807) is 0 Å². The van der Waals surface area contributed by atoms with Gasteiger partial charge in [0.25, 0.3) is 0 Å². The lowest BCUT2D eigenvalue weighted by Gasteiger charge is -2.30. The van der Waals surface area contributed by atoms with E-state index in [2.05, 4.69) is 24.1 Å². The fraction of sp³-hybridized carbons (Fsp3) is 0.929. The number of likely N-dealkylation sites (N-methyl/N-ethyl adjacent to an activating group) is 1. The van der Waals surface area contributed by atoms with E-state index in [0.29, 0.717) is 18.8 Å². The van der Waals surface area contributed by atoms with Crippen molar-refractivity contribution >= 4 is 5.91 Å². The molecule has 4 heteroatoms. The monoisotopic (exact) mass is 257 g/mol. The first-order valence-corrected chi connectivity index (χ1v) is 6.99. The molecule has 1 amide bonds. The zero-order valence-corrected chi connectivity index (χ0v) is 12.9. The molecular weight excluding hydrogens is 226 g/mol. The summed E-state index contributed by atoms with van der Waals surface area (Å²) in [6.07, 6.45) is 2.32. The Balaban J connectivity index is 4.60. The third kappa shape index (κ3) is 5.83. The van der Waals surface area contributed by atoms with Gasteiger partial charge in [0.2, 0.25) is 5.91 Å². The third-order valence-electron chi connectivity index (χ3n) is 3.39. The van der Waals surface area contributed by atoms with Gasteiger partial charge < -0.3 is 16.0 Å². The molecule has 0 spiro atoms. The summed E-state index contributed by atoms with van der Waals surface area (Å²) in [5.41, 5.74) is 5.40. The molecule has 0 fully saturated rings. The van der Waals surface area contributed by atoms with E-state index in [4.69, 9.17) is 5.73 Å². The van der Waals surface area contributed by atoms with Crippen LogP contribution in [0.15, 0.2) is 0 Å². The zero-order valence-electron chi connectivity index (χ0n) is 12.9. The standard InChI is InChI=1S/C14H31N3O/c1-7-14(15,8-2)13(18)16-12(9-11(3)4)10-17(5)6/h11-12H,7-10,15H2,1-6H3,(H,16,18). The van der Waals surface area contributed by atoms with Crippen LogP contribution in [-0.2, 0) is 4.79 Å². The van der Waals surface area contributed by atoms with Crippen LogP contribution in [0, 0.1) is 5.92 Å². The van der Waals surface area contributed by atoms with E-state index < -0.39 is 5.54 Å². The van der Waals surface area contributed by atoms with Gasteiger partial charge in [0, 0.05) is 12.6 Å². The summed E-state index contributed by atoms with van der Waals surface area (Å²) in [5.74, 6) is 0.547. The van der Waals surface area contributed by atoms with Crippen LogP contribution in [0.25, 0.3) is 0 Å². The van der Waals surface area contributed by atoms with Crippen molar-refractivity contribution in [2.75, 3.05) is 20.6 Å². The first-order chi connectivity index (χ1) is 8.25. The van der Waals surface area contributed by atoms with E-state index in [-0.39, 0.29) is 11.9 Å². The molecule has 1 unspecified atom stereocenters. The summed E-state index contributed by atoms with van der Waals surface area (Å²) < 4.78 is 0. The van der Waals surface area contributed by atoms with Crippen LogP contribution in [0.4, 0.5) is 0 Å². The Morgan fingerprint density at radius 1 is 1.28 bits per heavy atom. The molecule has 0 aliphatic rings. The molecular formula is C14H31N3O. The predicted molar refractivity (Wildman–Crippen MR) is 77.4 cm³/mol. The molecule has 3 N–H and O–H groups in total. The van der Waals surface area contributed by atoms with Crippen molar-refractivity contribution in [3.63, 3.8) is 0 Å². The van der Waals surface area contributed by atoms with Crippen molar-refractivity contribution in [2.24, 2.45) is 11.7 Å². The highest BCUT2D eigenvalue weighted by Gasteiger charge is 2.31. The van der Waals surface area contributed by atoms with Gasteiger partial charge in [0.1, 0.15) is 0 Å². The second kappa shape index (κ2) is 7.74. The molecule has 4 nitrogen and oxygen atoms in total. The molecule has 0 heterocycles. The number of carbonyl (C=O) groups excluding carboxylic acids is 1. The smallest absolute Gasteiger partial charge is 0.240 e. The maximum atomic E-state index is 12.2. The van der Waals surface area contributed by atoms with E-state index in [1.165, 1.54) is 0 Å². The van der Waals surface area contributed by atoms with Crippen molar-refractivity contribution in [2.45, 2.75) is 58.5 Å². The summed E-state index contributed by atoms with van der Waals surface area (Å²) in [7, 11) is 4.05. The van der Waals surface area contributed by atoms with Crippen LogP contribution < -0.4 is 11.1 Å². The Bertz CT molecular complexity index is 237. The molecule has 0 aliphatic carbocycles. The molecule has 0 aromatic rings. The summed E-state index contributed by atoms with van der Waals surface area (Å²) >= 11 is 0. The van der Waals surface area contributed by atoms with Crippen molar-refractivity contribution in [3.8, 4) is 0 Å². The molecule has 108 valence electrons. The highest BCUT2D eigenvalue weighted by atomic mass is 16.2. The number of rotatable bonds is 8. The fourth-order valence-corrected chi connectivity index (χ4v) is 2.09. The normalized spacial score (nSPS) is 14.1. The van der Waals surface area contributed by atoms with Gasteiger partial charge in [-0.15, -0.1) is 0 Å². The van der Waals surface area contributed by atoms with Crippen molar-refractivity contribution in [1.29, 1.82) is 0 Å². The number of hydrogen-bond donors (Lipinski definition) is 2. The summed E-state index contributed by atoms with van der Waals surface area (Å²) in [5, 5.41) is 3.12. The molecule has 0 aromatic heterocycles. The molecule has 0 aliphatic heterocycles. The predicted octanol–water partition coefficient (Wildman–Crippen LogP) is 1.60. The van der Waals surface area contributed by atoms with Gasteiger partial charge in [-0.25, -0.2) is 0 Å². The number of nitrogens with two attached hydrogens (primary N) is 1. The van der Waals surface area contributed by atoms with Gasteiger partial charge in [-0.1, -0.05) is 27.7 Å². The van der Waals surface area contributed by atoms with Gasteiger partial charge in [-0.05, 0) is 39.3 Å². The number of nitrogens with zero attached hydrogens (tertiary/aromatic N) is 1. The van der Waals surface area contributed by atoms with Crippen molar-refractivity contribution in [1.82, 2.24) is 10.2 Å². The number of carbonyl (C=O) groups is 1. The van der Waals surface area contributed by atoms with Crippen LogP contribution in [-0.4, -0.2) is 43.0 Å².